The molecule has 156 valence electrons. The molecule has 0 saturated carbocycles. The number of aromatic amines is 1. The van der Waals surface area contributed by atoms with Crippen molar-refractivity contribution >= 4 is 55.0 Å². The second kappa shape index (κ2) is 8.25. The second-order valence-electron chi connectivity index (χ2n) is 5.63. The molecule has 0 atom stereocenters. The molecule has 5 N–H and O–H groups in total. The molecule has 0 radical (unpaired) electrons. The van der Waals surface area contributed by atoms with E-state index < -0.39 is 39.0 Å². The number of urea groups is 1. The van der Waals surface area contributed by atoms with Crippen molar-refractivity contribution in [2.45, 2.75) is 4.90 Å². The molecule has 2 amide bonds. The summed E-state index contributed by atoms with van der Waals surface area (Å²) in [5, 5.41) is 23.8. The van der Waals surface area contributed by atoms with Crippen molar-refractivity contribution in [1.29, 1.82) is 0 Å². The van der Waals surface area contributed by atoms with Crippen LogP contribution in [-0.4, -0.2) is 40.6 Å². The Hall–Kier alpha value is -3.23. The number of nitrogens with zero attached hydrogens (tertiary/aromatic N) is 1. The molecule has 0 aliphatic carbocycles. The van der Waals surface area contributed by atoms with Crippen molar-refractivity contribution in [3.05, 3.63) is 55.5 Å². The Balaban J connectivity index is 1.87. The molecule has 11 nitrogen and oxygen atoms in total. The van der Waals surface area contributed by atoms with Gasteiger partial charge in [0.2, 0.25) is 5.75 Å². The number of carbonyl (C=O) groups is 2. The van der Waals surface area contributed by atoms with Gasteiger partial charge in [0.25, 0.3) is 15.6 Å². The summed E-state index contributed by atoms with van der Waals surface area (Å²) in [6.07, 6.45) is 0. The molecule has 2 aromatic heterocycles. The number of hydrogen-bond acceptors (Lipinski definition) is 8. The van der Waals surface area contributed by atoms with Crippen molar-refractivity contribution in [3.8, 4) is 17.1 Å². The first kappa shape index (κ1) is 21.5. The van der Waals surface area contributed by atoms with Gasteiger partial charge >= 0.3 is 12.0 Å². The Bertz CT molecular complexity index is 1320. The average Bonchev–Trinajstić information content (AvgIpc) is 3.11. The molecular formula is C16H11BrN4O7S2. The molecule has 14 heteroatoms. The molecular weight excluding hydrogens is 504 g/mol. The third-order valence-corrected chi connectivity index (χ3v) is 6.16. The van der Waals surface area contributed by atoms with Crippen molar-refractivity contribution in [2.24, 2.45) is 0 Å². The van der Waals surface area contributed by atoms with Gasteiger partial charge in [-0.05, 0) is 18.2 Å². The lowest BCUT2D eigenvalue weighted by Crippen LogP contribution is -2.34. The molecule has 0 bridgehead atoms. The summed E-state index contributed by atoms with van der Waals surface area (Å²) < 4.78 is 27.0. The van der Waals surface area contributed by atoms with E-state index in [0.29, 0.717) is 4.47 Å². The minimum absolute atomic E-state index is 0.0621. The van der Waals surface area contributed by atoms with Crippen molar-refractivity contribution < 1.29 is 28.2 Å². The normalized spacial score (nSPS) is 11.1. The van der Waals surface area contributed by atoms with Gasteiger partial charge in [0.1, 0.15) is 5.82 Å². The third-order valence-electron chi connectivity index (χ3n) is 3.60. The second-order valence-corrected chi connectivity index (χ2v) is 8.97. The van der Waals surface area contributed by atoms with Crippen LogP contribution in [0.25, 0.3) is 11.4 Å². The predicted octanol–water partition coefficient (Wildman–Crippen LogP) is 2.18. The van der Waals surface area contributed by atoms with Gasteiger partial charge in [0, 0.05) is 15.2 Å². The van der Waals surface area contributed by atoms with E-state index >= 15 is 0 Å². The molecule has 2 heterocycles. The maximum Gasteiger partial charge on any atom is 0.358 e. The molecule has 3 aromatic rings. The molecule has 0 spiro atoms. The summed E-state index contributed by atoms with van der Waals surface area (Å²) in [7, 11) is -4.17. The van der Waals surface area contributed by atoms with E-state index in [0.717, 1.165) is 11.3 Å². The number of carbonyl (C=O) groups excluding carboxylic acids is 1. The molecule has 0 fully saturated rings. The van der Waals surface area contributed by atoms with Gasteiger partial charge in [-0.1, -0.05) is 22.0 Å². The van der Waals surface area contributed by atoms with E-state index in [1.165, 1.54) is 29.0 Å². The molecule has 0 saturated heterocycles. The van der Waals surface area contributed by atoms with Crippen LogP contribution in [0.4, 0.5) is 10.5 Å². The van der Waals surface area contributed by atoms with E-state index in [1.54, 1.807) is 6.07 Å². The Morgan fingerprint density at radius 1 is 1.23 bits per heavy atom. The molecule has 0 unspecified atom stereocenters. The number of thiophene rings is 1. The number of nitrogens with one attached hydrogen (secondary N) is 3. The van der Waals surface area contributed by atoms with Gasteiger partial charge in [-0.3, -0.25) is 4.79 Å². The van der Waals surface area contributed by atoms with Crippen LogP contribution in [0.5, 0.6) is 5.75 Å². The summed E-state index contributed by atoms with van der Waals surface area (Å²) in [5.41, 5.74) is -1.77. The molecule has 0 aliphatic heterocycles. The zero-order valence-electron chi connectivity index (χ0n) is 14.5. The number of carboxylic acids is 1. The van der Waals surface area contributed by atoms with Gasteiger partial charge in [0.15, 0.2) is 5.69 Å². The highest BCUT2D eigenvalue weighted by molar-refractivity contribution is 9.10. The number of hydrogen-bond donors (Lipinski definition) is 5. The smallest absolute Gasteiger partial charge is 0.358 e. The lowest BCUT2D eigenvalue weighted by atomic mass is 10.2. The summed E-state index contributed by atoms with van der Waals surface area (Å²) in [6.45, 7) is 0. The fraction of sp³-hybridized carbons (Fsp3) is 0. The first-order valence-corrected chi connectivity index (χ1v) is 11.0. The lowest BCUT2D eigenvalue weighted by Gasteiger charge is -2.10. The maximum atomic E-state index is 12.3. The lowest BCUT2D eigenvalue weighted by molar-refractivity contribution is 0.0686. The van der Waals surface area contributed by atoms with E-state index in [4.69, 9.17) is 5.11 Å². The van der Waals surface area contributed by atoms with Crippen molar-refractivity contribution in [1.82, 2.24) is 14.7 Å². The Labute approximate surface area is 180 Å². The molecule has 3 rings (SSSR count). The largest absolute Gasteiger partial charge is 0.501 e. The predicted molar refractivity (Wildman–Crippen MR) is 110 cm³/mol. The van der Waals surface area contributed by atoms with E-state index in [-0.39, 0.29) is 22.0 Å². The minimum Gasteiger partial charge on any atom is -0.501 e. The topological polar surface area (TPSA) is 179 Å². The Kier molecular flexibility index (Phi) is 5.91. The number of carboxylic acid groups (broad SMARTS) is 1. The summed E-state index contributed by atoms with van der Waals surface area (Å²) in [5.74, 6) is -2.92. The van der Waals surface area contributed by atoms with Crippen molar-refractivity contribution in [2.75, 3.05) is 5.32 Å². The Morgan fingerprint density at radius 3 is 2.63 bits per heavy atom. The van der Waals surface area contributed by atoms with Gasteiger partial charge in [-0.2, -0.15) is 0 Å². The molecule has 1 aromatic carbocycles. The van der Waals surface area contributed by atoms with Crippen LogP contribution in [0, 0.1) is 0 Å². The highest BCUT2D eigenvalue weighted by Crippen LogP contribution is 2.30. The third kappa shape index (κ3) is 4.50. The van der Waals surface area contributed by atoms with E-state index in [1.807, 2.05) is 4.72 Å². The van der Waals surface area contributed by atoms with Crippen LogP contribution in [0.15, 0.2) is 49.2 Å². The van der Waals surface area contributed by atoms with Gasteiger partial charge in [-0.15, -0.1) is 11.3 Å². The van der Waals surface area contributed by atoms with Crippen LogP contribution in [-0.2, 0) is 10.0 Å². The fourth-order valence-corrected chi connectivity index (χ4v) is 4.55. The van der Waals surface area contributed by atoms with Crippen LogP contribution >= 0.6 is 27.3 Å². The number of halogens is 1. The first-order chi connectivity index (χ1) is 14.1. The van der Waals surface area contributed by atoms with E-state index in [2.05, 4.69) is 31.2 Å². The van der Waals surface area contributed by atoms with Crippen LogP contribution in [0.2, 0.25) is 0 Å². The number of rotatable bonds is 5. The SMILES string of the molecule is O=C(Nc1cscc1-c1nc(C(=O)O)c(O)c(=O)[nH]1)NS(=O)(=O)c1cccc(Br)c1. The highest BCUT2D eigenvalue weighted by Gasteiger charge is 2.22. The number of amides is 2. The van der Waals surface area contributed by atoms with Gasteiger partial charge in [0.05, 0.1) is 16.1 Å². The van der Waals surface area contributed by atoms with Crippen molar-refractivity contribution in [3.63, 3.8) is 0 Å². The summed E-state index contributed by atoms with van der Waals surface area (Å²) in [4.78, 5) is 40.9. The standard InChI is InChI=1S/C16H11BrN4O7S2/c17-7-2-1-3-8(4-7)30(27,28)21-16(26)18-10-6-29-5-9(10)13-19-11(15(24)25)12(22)14(23)20-13/h1-6,22H,(H,24,25)(H2,18,21,26)(H,19,20,23). The fourth-order valence-electron chi connectivity index (χ4n) is 2.28. The minimum atomic E-state index is -4.17. The molecule has 30 heavy (non-hydrogen) atoms. The van der Waals surface area contributed by atoms with Gasteiger partial charge < -0.3 is 20.5 Å². The number of benzene rings is 1. The maximum absolute atomic E-state index is 12.3. The highest BCUT2D eigenvalue weighted by atomic mass is 79.9. The number of H-pyrrole nitrogens is 1. The van der Waals surface area contributed by atoms with Crippen LogP contribution in [0.3, 0.4) is 0 Å². The Morgan fingerprint density at radius 2 is 1.97 bits per heavy atom. The number of aromatic carboxylic acids is 1. The molecule has 0 aliphatic rings. The zero-order valence-corrected chi connectivity index (χ0v) is 17.8. The van der Waals surface area contributed by atoms with Crippen LogP contribution < -0.4 is 15.6 Å². The zero-order chi connectivity index (χ0) is 22.1. The number of aromatic nitrogens is 2. The van der Waals surface area contributed by atoms with E-state index in [9.17, 15) is 27.9 Å². The number of anilines is 1. The van der Waals surface area contributed by atoms with Crippen LogP contribution in [0.1, 0.15) is 10.5 Å². The average molecular weight is 515 g/mol. The number of aromatic hydroxyl groups is 1. The van der Waals surface area contributed by atoms with Gasteiger partial charge in [-0.25, -0.2) is 27.7 Å². The summed E-state index contributed by atoms with van der Waals surface area (Å²) in [6, 6.07) is 4.63. The quantitative estimate of drug-likeness (QED) is 0.343. The summed E-state index contributed by atoms with van der Waals surface area (Å²) >= 11 is 4.22. The first-order valence-electron chi connectivity index (χ1n) is 7.81. The number of sulfonamides is 1. The monoisotopic (exact) mass is 514 g/mol.